The van der Waals surface area contributed by atoms with Crippen molar-refractivity contribution in [2.45, 2.75) is 38.4 Å². The maximum atomic E-state index is 12.9. The van der Waals surface area contributed by atoms with Crippen molar-refractivity contribution in [2.75, 3.05) is 31.9 Å². The number of nitrogen functional groups attached to an aromatic ring is 1. The fourth-order valence-electron chi connectivity index (χ4n) is 5.06. The van der Waals surface area contributed by atoms with E-state index in [1.807, 2.05) is 47.4 Å². The molecule has 35 heavy (non-hydrogen) atoms. The minimum atomic E-state index is -0.602. The van der Waals surface area contributed by atoms with Crippen LogP contribution in [0.4, 0.5) is 5.69 Å². The van der Waals surface area contributed by atoms with E-state index < -0.39 is 11.9 Å². The summed E-state index contributed by atoms with van der Waals surface area (Å²) in [5, 5.41) is 2.33. The number of amides is 4. The Morgan fingerprint density at radius 1 is 0.971 bits per heavy atom. The molecule has 182 valence electrons. The maximum absolute atomic E-state index is 12.9. The molecular weight excluding hydrogens is 446 g/mol. The first kappa shape index (κ1) is 23.0. The van der Waals surface area contributed by atoms with E-state index in [1.54, 1.807) is 4.90 Å². The molecule has 9 heteroatoms. The number of fused-ring (bicyclic) bond motifs is 1. The summed E-state index contributed by atoms with van der Waals surface area (Å²) in [6.07, 6.45) is 0.984. The van der Waals surface area contributed by atoms with Crippen LogP contribution in [0, 0.1) is 0 Å². The number of rotatable bonds is 5. The summed E-state index contributed by atoms with van der Waals surface area (Å²) in [6.45, 7) is 4.04. The molecule has 3 N–H and O–H groups in total. The number of nitrogens with zero attached hydrogens (tertiary/aromatic N) is 3. The third kappa shape index (κ3) is 4.90. The Kier molecular flexibility index (Phi) is 6.25. The lowest BCUT2D eigenvalue weighted by molar-refractivity contribution is -0.137. The number of carbonyl (C=O) groups is 4. The molecule has 0 radical (unpaired) electrons. The van der Waals surface area contributed by atoms with Gasteiger partial charge in [-0.2, -0.15) is 0 Å². The highest BCUT2D eigenvalue weighted by Gasteiger charge is 2.39. The average Bonchev–Trinajstić information content (AvgIpc) is 3.16. The summed E-state index contributed by atoms with van der Waals surface area (Å²) in [7, 11) is 0. The summed E-state index contributed by atoms with van der Waals surface area (Å²) in [6, 6.07) is 12.7. The molecule has 1 unspecified atom stereocenters. The van der Waals surface area contributed by atoms with Gasteiger partial charge in [-0.25, -0.2) is 0 Å². The molecule has 4 amide bonds. The van der Waals surface area contributed by atoms with Crippen molar-refractivity contribution in [1.29, 1.82) is 0 Å². The van der Waals surface area contributed by atoms with Crippen molar-refractivity contribution in [1.82, 2.24) is 20.0 Å². The van der Waals surface area contributed by atoms with Gasteiger partial charge < -0.3 is 15.5 Å². The summed E-state index contributed by atoms with van der Waals surface area (Å²) < 4.78 is 0. The Bertz CT molecular complexity index is 1170. The number of piperidine rings is 1. The highest BCUT2D eigenvalue weighted by molar-refractivity contribution is 6.05. The second-order valence-corrected chi connectivity index (χ2v) is 9.47. The largest absolute Gasteiger partial charge is 0.399 e. The van der Waals surface area contributed by atoms with Crippen molar-refractivity contribution in [2.24, 2.45) is 0 Å². The van der Waals surface area contributed by atoms with Crippen molar-refractivity contribution >= 4 is 29.3 Å². The van der Waals surface area contributed by atoms with Crippen LogP contribution in [0.3, 0.4) is 0 Å². The van der Waals surface area contributed by atoms with E-state index >= 15 is 0 Å². The monoisotopic (exact) mass is 475 g/mol. The molecule has 3 aliphatic heterocycles. The molecule has 2 fully saturated rings. The standard InChI is InChI=1S/C26H29N5O4/c27-20-4-1-17(2-5-20)14-24(33)30-11-9-29(10-12-30)15-18-3-6-21-19(13-18)16-31(26(21)35)22-7-8-23(32)28-25(22)34/h1-6,13,22H,7-12,14-16,27H2,(H,28,32,34). The van der Waals surface area contributed by atoms with Gasteiger partial charge in [0.05, 0.1) is 6.42 Å². The smallest absolute Gasteiger partial charge is 0.255 e. The van der Waals surface area contributed by atoms with Crippen LogP contribution >= 0.6 is 0 Å². The number of hydrogen-bond donors (Lipinski definition) is 2. The number of carbonyl (C=O) groups excluding carboxylic acids is 4. The molecule has 5 rings (SSSR count). The van der Waals surface area contributed by atoms with Crippen LogP contribution in [0.1, 0.15) is 39.9 Å². The SMILES string of the molecule is Nc1ccc(CC(=O)N2CCN(Cc3ccc4c(c3)CN(C3CCC(=O)NC3=O)C4=O)CC2)cc1. The summed E-state index contributed by atoms with van der Waals surface area (Å²) >= 11 is 0. The van der Waals surface area contributed by atoms with Gasteiger partial charge in [-0.1, -0.05) is 24.3 Å². The second-order valence-electron chi connectivity index (χ2n) is 9.47. The van der Waals surface area contributed by atoms with E-state index in [2.05, 4.69) is 10.2 Å². The lowest BCUT2D eigenvalue weighted by Crippen LogP contribution is -2.52. The minimum Gasteiger partial charge on any atom is -0.399 e. The molecule has 9 nitrogen and oxygen atoms in total. The molecule has 0 bridgehead atoms. The van der Waals surface area contributed by atoms with E-state index in [-0.39, 0.29) is 24.1 Å². The molecule has 0 spiro atoms. The number of hydrogen-bond acceptors (Lipinski definition) is 6. The Labute approximate surface area is 203 Å². The lowest BCUT2D eigenvalue weighted by Gasteiger charge is -2.35. The van der Waals surface area contributed by atoms with Crippen LogP contribution in [0.25, 0.3) is 0 Å². The molecule has 2 aromatic carbocycles. The second kappa shape index (κ2) is 9.50. The van der Waals surface area contributed by atoms with Crippen LogP contribution in [0.2, 0.25) is 0 Å². The lowest BCUT2D eigenvalue weighted by atomic mass is 10.0. The molecule has 3 heterocycles. The van der Waals surface area contributed by atoms with Gasteiger partial charge in [0.15, 0.2) is 0 Å². The number of piperazine rings is 1. The van der Waals surface area contributed by atoms with Gasteiger partial charge >= 0.3 is 0 Å². The first-order valence-electron chi connectivity index (χ1n) is 12.0. The Morgan fingerprint density at radius 3 is 2.40 bits per heavy atom. The van der Waals surface area contributed by atoms with Gasteiger partial charge in [0.25, 0.3) is 5.91 Å². The fraction of sp³-hybridized carbons (Fsp3) is 0.385. The van der Waals surface area contributed by atoms with E-state index in [4.69, 9.17) is 5.73 Å². The Hall–Kier alpha value is -3.72. The minimum absolute atomic E-state index is 0.124. The third-order valence-electron chi connectivity index (χ3n) is 7.05. The average molecular weight is 476 g/mol. The van der Waals surface area contributed by atoms with Gasteiger partial charge in [0.2, 0.25) is 17.7 Å². The van der Waals surface area contributed by atoms with Crippen molar-refractivity contribution in [3.05, 3.63) is 64.7 Å². The zero-order chi connectivity index (χ0) is 24.5. The van der Waals surface area contributed by atoms with E-state index in [0.717, 1.165) is 36.3 Å². The van der Waals surface area contributed by atoms with Crippen LogP contribution in [-0.4, -0.2) is 70.5 Å². The zero-order valence-corrected chi connectivity index (χ0v) is 19.5. The predicted molar refractivity (Wildman–Crippen MR) is 129 cm³/mol. The zero-order valence-electron chi connectivity index (χ0n) is 19.5. The molecule has 1 atom stereocenters. The molecule has 2 saturated heterocycles. The highest BCUT2D eigenvalue weighted by Crippen LogP contribution is 2.28. The van der Waals surface area contributed by atoms with Gasteiger partial charge in [-0.3, -0.25) is 29.4 Å². The maximum Gasteiger partial charge on any atom is 0.255 e. The molecule has 3 aliphatic rings. The first-order chi connectivity index (χ1) is 16.9. The Morgan fingerprint density at radius 2 is 1.69 bits per heavy atom. The fourth-order valence-corrected chi connectivity index (χ4v) is 5.06. The summed E-state index contributed by atoms with van der Waals surface area (Å²) in [5.41, 5.74) is 10.0. The molecule has 0 saturated carbocycles. The molecular formula is C26H29N5O4. The first-order valence-corrected chi connectivity index (χ1v) is 12.0. The van der Waals surface area contributed by atoms with Gasteiger partial charge in [0.1, 0.15) is 6.04 Å². The van der Waals surface area contributed by atoms with Crippen molar-refractivity contribution in [3.63, 3.8) is 0 Å². The van der Waals surface area contributed by atoms with Gasteiger partial charge in [0, 0.05) is 56.9 Å². The van der Waals surface area contributed by atoms with Crippen LogP contribution < -0.4 is 11.1 Å². The van der Waals surface area contributed by atoms with Gasteiger partial charge in [-0.15, -0.1) is 0 Å². The number of nitrogens with one attached hydrogen (secondary N) is 1. The van der Waals surface area contributed by atoms with E-state index in [0.29, 0.717) is 43.7 Å². The number of imide groups is 1. The normalized spacial score (nSPS) is 20.7. The van der Waals surface area contributed by atoms with E-state index in [1.165, 1.54) is 0 Å². The van der Waals surface area contributed by atoms with Crippen molar-refractivity contribution in [3.8, 4) is 0 Å². The number of anilines is 1. The molecule has 2 aromatic rings. The number of benzene rings is 2. The molecule has 0 aromatic heterocycles. The van der Waals surface area contributed by atoms with Crippen LogP contribution in [-0.2, 0) is 33.9 Å². The highest BCUT2D eigenvalue weighted by atomic mass is 16.2. The van der Waals surface area contributed by atoms with Gasteiger partial charge in [-0.05, 0) is 41.3 Å². The summed E-state index contributed by atoms with van der Waals surface area (Å²) in [5.74, 6) is -0.718. The quantitative estimate of drug-likeness (QED) is 0.491. The predicted octanol–water partition coefficient (Wildman–Crippen LogP) is 0.917. The van der Waals surface area contributed by atoms with Crippen molar-refractivity contribution < 1.29 is 19.2 Å². The summed E-state index contributed by atoms with van der Waals surface area (Å²) in [4.78, 5) is 55.0. The van der Waals surface area contributed by atoms with Crippen LogP contribution in [0.15, 0.2) is 42.5 Å². The molecule has 0 aliphatic carbocycles. The topological polar surface area (TPSA) is 116 Å². The number of nitrogens with two attached hydrogens (primary N) is 1. The van der Waals surface area contributed by atoms with Crippen LogP contribution in [0.5, 0.6) is 0 Å². The van der Waals surface area contributed by atoms with E-state index in [9.17, 15) is 19.2 Å². The Balaban J connectivity index is 1.15. The third-order valence-corrected chi connectivity index (χ3v) is 7.05.